The number of carbonyl (C=O) groups is 2. The number of hydrogen-bond acceptors (Lipinski definition) is 5. The van der Waals surface area contributed by atoms with Gasteiger partial charge in [0.2, 0.25) is 0 Å². The molecule has 1 N–H and O–H groups in total. The van der Waals surface area contributed by atoms with Crippen LogP contribution in [0.3, 0.4) is 0 Å². The van der Waals surface area contributed by atoms with Gasteiger partial charge < -0.3 is 14.6 Å². The lowest BCUT2D eigenvalue weighted by Crippen LogP contribution is -2.11. The van der Waals surface area contributed by atoms with Gasteiger partial charge in [-0.15, -0.1) is 0 Å². The molecule has 28 heavy (non-hydrogen) atoms. The number of rotatable bonds is 11. The van der Waals surface area contributed by atoms with Crippen molar-refractivity contribution in [2.75, 3.05) is 6.61 Å². The smallest absolute Gasteiger partial charge is 0.358 e. The van der Waals surface area contributed by atoms with Crippen molar-refractivity contribution in [3.05, 3.63) is 58.4 Å². The molecule has 1 aromatic heterocycles. The fourth-order valence-electron chi connectivity index (χ4n) is 2.52. The van der Waals surface area contributed by atoms with Gasteiger partial charge in [-0.3, -0.25) is 0 Å². The summed E-state index contributed by atoms with van der Waals surface area (Å²) in [5, 5.41) is 9.89. The number of benzene rings is 1. The maximum atomic E-state index is 12.2. The number of aromatic carboxylic acids is 1. The van der Waals surface area contributed by atoms with Crippen LogP contribution in [0, 0.1) is 0 Å². The highest BCUT2D eigenvalue weighted by molar-refractivity contribution is 6.30. The Balaban J connectivity index is 2.00. The first kappa shape index (κ1) is 21.7. The second kappa shape index (κ2) is 11.3. The number of halogens is 1. The lowest BCUT2D eigenvalue weighted by molar-refractivity contribution is 0.0495. The molecule has 0 spiro atoms. The Bertz CT molecular complexity index is 792. The molecule has 0 aliphatic heterocycles. The largest absolute Gasteiger partial charge is 0.486 e. The van der Waals surface area contributed by atoms with Gasteiger partial charge in [0.05, 0.1) is 12.2 Å². The second-order valence-corrected chi connectivity index (χ2v) is 6.78. The predicted molar refractivity (Wildman–Crippen MR) is 106 cm³/mol. The number of ether oxygens (including phenoxy) is 2. The molecule has 1 aromatic carbocycles. The summed E-state index contributed by atoms with van der Waals surface area (Å²) in [6, 6.07) is 8.32. The van der Waals surface area contributed by atoms with Crippen LogP contribution in [0.2, 0.25) is 5.02 Å². The zero-order chi connectivity index (χ0) is 20.4. The molecule has 150 valence electrons. The molecule has 0 unspecified atom stereocenters. The Kier molecular flexibility index (Phi) is 8.75. The number of pyridine rings is 1. The van der Waals surface area contributed by atoms with Crippen LogP contribution in [-0.4, -0.2) is 28.6 Å². The SMILES string of the molecule is CCCCCCCOC(=O)c1cnc(C(=O)O)c(OCc2ccc(Cl)cc2)c1. The molecular formula is C21H24ClNO5. The van der Waals surface area contributed by atoms with Crippen LogP contribution in [0.5, 0.6) is 5.75 Å². The minimum absolute atomic E-state index is 0.0137. The molecule has 2 aromatic rings. The van der Waals surface area contributed by atoms with Crippen molar-refractivity contribution in [1.29, 1.82) is 0 Å². The van der Waals surface area contributed by atoms with Gasteiger partial charge in [0.25, 0.3) is 0 Å². The first-order valence-electron chi connectivity index (χ1n) is 9.29. The van der Waals surface area contributed by atoms with E-state index in [0.717, 1.165) is 31.2 Å². The molecule has 7 heteroatoms. The predicted octanol–water partition coefficient (Wildman–Crippen LogP) is 5.14. The van der Waals surface area contributed by atoms with Gasteiger partial charge in [-0.05, 0) is 30.2 Å². The highest BCUT2D eigenvalue weighted by Gasteiger charge is 2.18. The number of carbonyl (C=O) groups excluding carboxylic acids is 1. The number of aromatic nitrogens is 1. The molecule has 0 bridgehead atoms. The van der Waals surface area contributed by atoms with E-state index in [2.05, 4.69) is 11.9 Å². The summed E-state index contributed by atoms with van der Waals surface area (Å²) in [6.07, 6.45) is 6.44. The van der Waals surface area contributed by atoms with Crippen LogP contribution in [-0.2, 0) is 11.3 Å². The monoisotopic (exact) mass is 405 g/mol. The molecule has 0 aliphatic rings. The number of unbranched alkanes of at least 4 members (excludes halogenated alkanes) is 4. The molecule has 6 nitrogen and oxygen atoms in total. The van der Waals surface area contributed by atoms with Crippen LogP contribution < -0.4 is 4.74 Å². The Morgan fingerprint density at radius 1 is 1.11 bits per heavy atom. The molecule has 0 fully saturated rings. The van der Waals surface area contributed by atoms with E-state index < -0.39 is 11.9 Å². The van der Waals surface area contributed by atoms with Crippen molar-refractivity contribution in [3.8, 4) is 5.75 Å². The molecular weight excluding hydrogens is 382 g/mol. The highest BCUT2D eigenvalue weighted by Crippen LogP contribution is 2.21. The van der Waals surface area contributed by atoms with E-state index in [4.69, 9.17) is 21.1 Å². The van der Waals surface area contributed by atoms with Crippen molar-refractivity contribution in [2.45, 2.75) is 45.6 Å². The minimum atomic E-state index is -1.23. The summed E-state index contributed by atoms with van der Waals surface area (Å²) in [7, 11) is 0. The molecule has 0 saturated carbocycles. The Hall–Kier alpha value is -2.60. The van der Waals surface area contributed by atoms with E-state index in [9.17, 15) is 14.7 Å². The minimum Gasteiger partial charge on any atom is -0.486 e. The van der Waals surface area contributed by atoms with E-state index in [1.165, 1.54) is 18.7 Å². The van der Waals surface area contributed by atoms with Crippen molar-refractivity contribution < 1.29 is 24.2 Å². The van der Waals surface area contributed by atoms with Crippen molar-refractivity contribution in [3.63, 3.8) is 0 Å². The normalized spacial score (nSPS) is 10.5. The summed E-state index contributed by atoms with van der Waals surface area (Å²) < 4.78 is 10.8. The van der Waals surface area contributed by atoms with Gasteiger partial charge in [0, 0.05) is 11.2 Å². The first-order valence-corrected chi connectivity index (χ1v) is 9.66. The van der Waals surface area contributed by atoms with Crippen molar-refractivity contribution in [2.24, 2.45) is 0 Å². The van der Waals surface area contributed by atoms with Crippen LogP contribution in [0.4, 0.5) is 0 Å². The quantitative estimate of drug-likeness (QED) is 0.411. The second-order valence-electron chi connectivity index (χ2n) is 6.34. The van der Waals surface area contributed by atoms with Gasteiger partial charge in [0.1, 0.15) is 6.61 Å². The lowest BCUT2D eigenvalue weighted by Gasteiger charge is -2.11. The maximum Gasteiger partial charge on any atom is 0.358 e. The number of esters is 1. The van der Waals surface area contributed by atoms with Crippen molar-refractivity contribution in [1.82, 2.24) is 4.98 Å². The van der Waals surface area contributed by atoms with Crippen LogP contribution in [0.15, 0.2) is 36.5 Å². The molecule has 0 aliphatic carbocycles. The van der Waals surface area contributed by atoms with E-state index in [1.54, 1.807) is 24.3 Å². The third-order valence-electron chi connectivity index (χ3n) is 4.08. The zero-order valence-electron chi connectivity index (χ0n) is 15.8. The third-order valence-corrected chi connectivity index (χ3v) is 4.33. The molecule has 0 saturated heterocycles. The number of carboxylic acid groups (broad SMARTS) is 1. The Morgan fingerprint density at radius 2 is 1.82 bits per heavy atom. The van der Waals surface area contributed by atoms with Crippen LogP contribution in [0.25, 0.3) is 0 Å². The van der Waals surface area contributed by atoms with E-state index in [-0.39, 0.29) is 23.6 Å². The molecule has 0 radical (unpaired) electrons. The molecule has 2 rings (SSSR count). The van der Waals surface area contributed by atoms with Gasteiger partial charge >= 0.3 is 11.9 Å². The van der Waals surface area contributed by atoms with Crippen LogP contribution in [0.1, 0.15) is 65.4 Å². The Labute approximate surface area is 169 Å². The molecule has 1 heterocycles. The summed E-state index contributed by atoms with van der Waals surface area (Å²) in [5.74, 6) is -1.77. The number of nitrogens with zero attached hydrogens (tertiary/aromatic N) is 1. The number of hydrogen-bond donors (Lipinski definition) is 1. The number of carboxylic acids is 1. The van der Waals surface area contributed by atoms with Crippen LogP contribution >= 0.6 is 11.6 Å². The van der Waals surface area contributed by atoms with Gasteiger partial charge in [-0.2, -0.15) is 0 Å². The first-order chi connectivity index (χ1) is 13.5. The van der Waals surface area contributed by atoms with E-state index >= 15 is 0 Å². The Morgan fingerprint density at radius 3 is 2.50 bits per heavy atom. The summed E-state index contributed by atoms with van der Waals surface area (Å²) in [4.78, 5) is 27.4. The molecule has 0 amide bonds. The lowest BCUT2D eigenvalue weighted by atomic mass is 10.2. The van der Waals surface area contributed by atoms with Gasteiger partial charge in [-0.1, -0.05) is 56.3 Å². The zero-order valence-corrected chi connectivity index (χ0v) is 16.6. The summed E-state index contributed by atoms with van der Waals surface area (Å²) in [6.45, 7) is 2.58. The maximum absolute atomic E-state index is 12.2. The average molecular weight is 406 g/mol. The van der Waals surface area contributed by atoms with E-state index in [0.29, 0.717) is 11.6 Å². The average Bonchev–Trinajstić information content (AvgIpc) is 2.69. The van der Waals surface area contributed by atoms with Crippen molar-refractivity contribution >= 4 is 23.5 Å². The third kappa shape index (κ3) is 6.85. The summed E-state index contributed by atoms with van der Waals surface area (Å²) in [5.41, 5.74) is 0.704. The summed E-state index contributed by atoms with van der Waals surface area (Å²) >= 11 is 5.85. The fraction of sp³-hybridized carbons (Fsp3) is 0.381. The van der Waals surface area contributed by atoms with E-state index in [1.807, 2.05) is 0 Å². The molecule has 0 atom stereocenters. The van der Waals surface area contributed by atoms with Gasteiger partial charge in [0.15, 0.2) is 11.4 Å². The fourth-order valence-corrected chi connectivity index (χ4v) is 2.65. The van der Waals surface area contributed by atoms with Gasteiger partial charge in [-0.25, -0.2) is 14.6 Å². The topological polar surface area (TPSA) is 85.7 Å². The standard InChI is InChI=1S/C21H24ClNO5/c1-2-3-4-5-6-11-27-21(26)16-12-18(19(20(24)25)23-13-16)28-14-15-7-9-17(22)10-8-15/h7-10,12-13H,2-6,11,14H2,1H3,(H,24,25). The highest BCUT2D eigenvalue weighted by atomic mass is 35.5.